The molecule has 0 bridgehead atoms. The highest BCUT2D eigenvalue weighted by atomic mass is 16.6. The molecular formula is C15H21NO4. The largest absolute Gasteiger partial charge is 0.485 e. The number of benzene rings is 1. The van der Waals surface area contributed by atoms with E-state index >= 15 is 0 Å². The molecule has 1 aromatic rings. The summed E-state index contributed by atoms with van der Waals surface area (Å²) in [5.41, 5.74) is 5.73. The van der Waals surface area contributed by atoms with Gasteiger partial charge in [0.15, 0.2) is 0 Å². The summed E-state index contributed by atoms with van der Waals surface area (Å²) in [5, 5.41) is 9.03. The third-order valence-electron chi connectivity index (χ3n) is 3.52. The van der Waals surface area contributed by atoms with Gasteiger partial charge in [0.1, 0.15) is 17.5 Å². The van der Waals surface area contributed by atoms with Crippen LogP contribution in [0.4, 0.5) is 5.69 Å². The number of aromatic carboxylic acids is 1. The lowest BCUT2D eigenvalue weighted by molar-refractivity contribution is -0.0845. The van der Waals surface area contributed by atoms with E-state index < -0.39 is 11.6 Å². The molecule has 2 rings (SSSR count). The predicted molar refractivity (Wildman–Crippen MR) is 76.1 cm³/mol. The van der Waals surface area contributed by atoms with Gasteiger partial charge in [-0.2, -0.15) is 0 Å². The summed E-state index contributed by atoms with van der Waals surface area (Å²) in [6.07, 6.45) is 0.542. The van der Waals surface area contributed by atoms with Crippen LogP contribution in [-0.4, -0.2) is 28.4 Å². The molecule has 0 amide bonds. The van der Waals surface area contributed by atoms with Gasteiger partial charge in [0.05, 0.1) is 16.9 Å². The zero-order chi connectivity index (χ0) is 15.1. The Morgan fingerprint density at radius 1 is 1.40 bits per heavy atom. The Morgan fingerprint density at radius 2 is 2.05 bits per heavy atom. The molecule has 1 aliphatic rings. The van der Waals surface area contributed by atoms with Gasteiger partial charge in [0.2, 0.25) is 0 Å². The minimum absolute atomic E-state index is 0.158. The van der Waals surface area contributed by atoms with Crippen LogP contribution in [0.1, 0.15) is 44.5 Å². The van der Waals surface area contributed by atoms with Crippen molar-refractivity contribution in [2.24, 2.45) is 0 Å². The lowest BCUT2D eigenvalue weighted by Gasteiger charge is -2.27. The highest BCUT2D eigenvalue weighted by molar-refractivity contribution is 5.89. The minimum Gasteiger partial charge on any atom is -0.485 e. The van der Waals surface area contributed by atoms with Gasteiger partial charge in [-0.3, -0.25) is 0 Å². The van der Waals surface area contributed by atoms with Crippen LogP contribution in [-0.2, 0) is 4.74 Å². The van der Waals surface area contributed by atoms with Gasteiger partial charge in [-0.1, -0.05) is 0 Å². The van der Waals surface area contributed by atoms with Crippen LogP contribution >= 0.6 is 0 Å². The SMILES string of the molecule is CC1(C)CC(Oc2cc(C(=O)O)ccc2N)C(C)(C)O1. The molecule has 0 spiro atoms. The molecular weight excluding hydrogens is 258 g/mol. The van der Waals surface area contributed by atoms with Crippen LogP contribution in [0.3, 0.4) is 0 Å². The molecule has 0 aromatic heterocycles. The number of ether oxygens (including phenoxy) is 2. The van der Waals surface area contributed by atoms with Gasteiger partial charge in [0, 0.05) is 6.42 Å². The molecule has 5 nitrogen and oxygen atoms in total. The van der Waals surface area contributed by atoms with E-state index in [1.54, 1.807) is 6.07 Å². The Kier molecular flexibility index (Phi) is 3.42. The zero-order valence-electron chi connectivity index (χ0n) is 12.3. The number of hydrogen-bond donors (Lipinski definition) is 2. The maximum atomic E-state index is 11.0. The topological polar surface area (TPSA) is 81.8 Å². The quantitative estimate of drug-likeness (QED) is 0.831. The van der Waals surface area contributed by atoms with Crippen LogP contribution in [0.5, 0.6) is 5.75 Å². The summed E-state index contributed by atoms with van der Waals surface area (Å²) in [6.45, 7) is 7.94. The number of carbonyl (C=O) groups is 1. The van der Waals surface area contributed by atoms with Gasteiger partial charge >= 0.3 is 5.97 Å². The minimum atomic E-state index is -1.00. The van der Waals surface area contributed by atoms with Crippen LogP contribution in [0, 0.1) is 0 Å². The third-order valence-corrected chi connectivity index (χ3v) is 3.52. The summed E-state index contributed by atoms with van der Waals surface area (Å²) < 4.78 is 11.9. The first-order valence-electron chi connectivity index (χ1n) is 6.60. The van der Waals surface area contributed by atoms with Crippen molar-refractivity contribution >= 4 is 11.7 Å². The maximum absolute atomic E-state index is 11.0. The number of carboxylic acid groups (broad SMARTS) is 1. The fourth-order valence-electron chi connectivity index (χ4n) is 2.62. The summed E-state index contributed by atoms with van der Waals surface area (Å²) in [7, 11) is 0. The van der Waals surface area contributed by atoms with E-state index in [1.807, 2.05) is 27.7 Å². The monoisotopic (exact) mass is 279 g/mol. The highest BCUT2D eigenvalue weighted by Gasteiger charge is 2.47. The molecule has 5 heteroatoms. The van der Waals surface area contributed by atoms with Gasteiger partial charge in [-0.15, -0.1) is 0 Å². The lowest BCUT2D eigenvalue weighted by atomic mass is 9.97. The summed E-state index contributed by atoms with van der Waals surface area (Å²) in [4.78, 5) is 11.0. The van der Waals surface area contributed by atoms with Crippen LogP contribution < -0.4 is 10.5 Å². The van der Waals surface area contributed by atoms with E-state index in [2.05, 4.69) is 0 Å². The second-order valence-corrected chi connectivity index (χ2v) is 6.33. The first kappa shape index (κ1) is 14.7. The molecule has 1 heterocycles. The van der Waals surface area contributed by atoms with Crippen molar-refractivity contribution in [3.8, 4) is 5.75 Å². The van der Waals surface area contributed by atoms with E-state index in [9.17, 15) is 4.79 Å². The lowest BCUT2D eigenvalue weighted by Crippen LogP contribution is -2.36. The molecule has 1 saturated heterocycles. The number of hydrogen-bond acceptors (Lipinski definition) is 4. The normalized spacial score (nSPS) is 23.5. The predicted octanol–water partition coefficient (Wildman–Crippen LogP) is 2.69. The molecule has 0 saturated carbocycles. The van der Waals surface area contributed by atoms with Crippen LogP contribution in [0.15, 0.2) is 18.2 Å². The Balaban J connectivity index is 2.26. The molecule has 20 heavy (non-hydrogen) atoms. The molecule has 3 N–H and O–H groups in total. The first-order valence-corrected chi connectivity index (χ1v) is 6.60. The van der Waals surface area contributed by atoms with Gasteiger partial charge in [-0.25, -0.2) is 4.79 Å². The Morgan fingerprint density at radius 3 is 2.55 bits per heavy atom. The van der Waals surface area contributed by atoms with E-state index in [-0.39, 0.29) is 17.3 Å². The number of rotatable bonds is 3. The molecule has 1 unspecified atom stereocenters. The zero-order valence-corrected chi connectivity index (χ0v) is 12.3. The van der Waals surface area contributed by atoms with Crippen molar-refractivity contribution in [2.45, 2.75) is 51.4 Å². The average molecular weight is 279 g/mol. The average Bonchev–Trinajstić information content (AvgIpc) is 2.49. The third kappa shape index (κ3) is 2.88. The Hall–Kier alpha value is -1.75. The van der Waals surface area contributed by atoms with E-state index in [4.69, 9.17) is 20.3 Å². The van der Waals surface area contributed by atoms with Crippen LogP contribution in [0.25, 0.3) is 0 Å². The summed E-state index contributed by atoms with van der Waals surface area (Å²) in [5.74, 6) is -0.610. The van der Waals surface area contributed by atoms with Crippen molar-refractivity contribution in [1.82, 2.24) is 0 Å². The molecule has 110 valence electrons. The molecule has 1 aromatic carbocycles. The van der Waals surface area contributed by atoms with Crippen molar-refractivity contribution in [1.29, 1.82) is 0 Å². The molecule has 0 radical (unpaired) electrons. The van der Waals surface area contributed by atoms with E-state index in [0.29, 0.717) is 11.4 Å². The molecule has 1 aliphatic heterocycles. The first-order chi connectivity index (χ1) is 9.11. The fraction of sp³-hybridized carbons (Fsp3) is 0.533. The number of nitrogen functional groups attached to an aromatic ring is 1. The van der Waals surface area contributed by atoms with Crippen LogP contribution in [0.2, 0.25) is 0 Å². The highest BCUT2D eigenvalue weighted by Crippen LogP contribution is 2.40. The van der Waals surface area contributed by atoms with Crippen molar-refractivity contribution in [3.63, 3.8) is 0 Å². The molecule has 1 atom stereocenters. The summed E-state index contributed by atoms with van der Waals surface area (Å²) >= 11 is 0. The Bertz CT molecular complexity index is 537. The molecule has 0 aliphatic carbocycles. The maximum Gasteiger partial charge on any atom is 0.335 e. The van der Waals surface area contributed by atoms with E-state index in [1.165, 1.54) is 12.1 Å². The van der Waals surface area contributed by atoms with Crippen molar-refractivity contribution in [2.75, 3.05) is 5.73 Å². The number of anilines is 1. The van der Waals surface area contributed by atoms with Gasteiger partial charge in [-0.05, 0) is 45.9 Å². The van der Waals surface area contributed by atoms with Gasteiger partial charge < -0.3 is 20.3 Å². The van der Waals surface area contributed by atoms with Crippen molar-refractivity contribution in [3.05, 3.63) is 23.8 Å². The number of nitrogens with two attached hydrogens (primary N) is 1. The Labute approximate surface area is 118 Å². The second kappa shape index (κ2) is 4.66. The second-order valence-electron chi connectivity index (χ2n) is 6.33. The van der Waals surface area contributed by atoms with E-state index in [0.717, 1.165) is 6.42 Å². The molecule has 1 fully saturated rings. The smallest absolute Gasteiger partial charge is 0.335 e. The number of carboxylic acids is 1. The standard InChI is InChI=1S/C15H21NO4/c1-14(2)8-12(15(3,4)20-14)19-11-7-9(13(17)18)5-6-10(11)16/h5-7,12H,8,16H2,1-4H3,(H,17,18). The fourth-order valence-corrected chi connectivity index (χ4v) is 2.62. The summed E-state index contributed by atoms with van der Waals surface area (Å²) in [6, 6.07) is 4.47. The van der Waals surface area contributed by atoms with Gasteiger partial charge in [0.25, 0.3) is 0 Å². The van der Waals surface area contributed by atoms with Crippen molar-refractivity contribution < 1.29 is 19.4 Å².